The van der Waals surface area contributed by atoms with Crippen molar-refractivity contribution in [2.24, 2.45) is 0 Å². The lowest BCUT2D eigenvalue weighted by Crippen LogP contribution is -2.31. The first-order valence-corrected chi connectivity index (χ1v) is 7.56. The van der Waals surface area contributed by atoms with Gasteiger partial charge in [0.15, 0.2) is 0 Å². The summed E-state index contributed by atoms with van der Waals surface area (Å²) in [6, 6.07) is 8.93. The molecule has 1 aromatic carbocycles. The van der Waals surface area contributed by atoms with Crippen LogP contribution in [0.25, 0.3) is 11.1 Å². The lowest BCUT2D eigenvalue weighted by molar-refractivity contribution is 0.346. The molecule has 1 aliphatic heterocycles. The SMILES string of the molecule is Cc1nn(C2CCCNC2)cc1-c1ccc(Br)cc1. The summed E-state index contributed by atoms with van der Waals surface area (Å²) in [5.41, 5.74) is 3.57. The van der Waals surface area contributed by atoms with E-state index in [4.69, 9.17) is 5.10 Å². The summed E-state index contributed by atoms with van der Waals surface area (Å²) in [6.45, 7) is 4.25. The van der Waals surface area contributed by atoms with Crippen LogP contribution in [-0.4, -0.2) is 22.9 Å². The molecule has 1 aliphatic rings. The second-order valence-corrected chi connectivity index (χ2v) is 6.03. The largest absolute Gasteiger partial charge is 0.315 e. The second-order valence-electron chi connectivity index (χ2n) is 5.12. The van der Waals surface area contributed by atoms with Crippen LogP contribution >= 0.6 is 15.9 Å². The monoisotopic (exact) mass is 319 g/mol. The molecule has 0 bridgehead atoms. The van der Waals surface area contributed by atoms with Crippen molar-refractivity contribution < 1.29 is 0 Å². The van der Waals surface area contributed by atoms with Crippen molar-refractivity contribution in [3.63, 3.8) is 0 Å². The lowest BCUT2D eigenvalue weighted by atomic mass is 10.1. The number of benzene rings is 1. The number of nitrogens with one attached hydrogen (secondary N) is 1. The summed E-state index contributed by atoms with van der Waals surface area (Å²) >= 11 is 3.48. The van der Waals surface area contributed by atoms with Gasteiger partial charge in [-0.2, -0.15) is 5.10 Å². The average Bonchev–Trinajstić information content (AvgIpc) is 2.83. The van der Waals surface area contributed by atoms with Gasteiger partial charge in [0, 0.05) is 22.8 Å². The minimum absolute atomic E-state index is 0.497. The molecule has 2 heterocycles. The maximum Gasteiger partial charge on any atom is 0.0672 e. The summed E-state index contributed by atoms with van der Waals surface area (Å²) < 4.78 is 3.25. The topological polar surface area (TPSA) is 29.9 Å². The summed E-state index contributed by atoms with van der Waals surface area (Å²) in [4.78, 5) is 0. The van der Waals surface area contributed by atoms with Crippen LogP contribution in [0, 0.1) is 6.92 Å². The average molecular weight is 320 g/mol. The zero-order valence-corrected chi connectivity index (χ0v) is 12.7. The van der Waals surface area contributed by atoms with Gasteiger partial charge in [-0.25, -0.2) is 0 Å². The Balaban J connectivity index is 1.90. The summed E-state index contributed by atoms with van der Waals surface area (Å²) in [5, 5.41) is 8.14. The zero-order valence-electron chi connectivity index (χ0n) is 11.1. The molecule has 100 valence electrons. The number of nitrogens with zero attached hydrogens (tertiary/aromatic N) is 2. The van der Waals surface area contributed by atoms with Gasteiger partial charge in [-0.15, -0.1) is 0 Å². The normalized spacial score (nSPS) is 19.6. The van der Waals surface area contributed by atoms with E-state index < -0.39 is 0 Å². The van der Waals surface area contributed by atoms with Crippen LogP contribution < -0.4 is 5.32 Å². The third-order valence-electron chi connectivity index (χ3n) is 3.72. The lowest BCUT2D eigenvalue weighted by Gasteiger charge is -2.22. The van der Waals surface area contributed by atoms with Gasteiger partial charge in [-0.05, 0) is 44.0 Å². The predicted molar refractivity (Wildman–Crippen MR) is 81.2 cm³/mol. The fourth-order valence-corrected chi connectivity index (χ4v) is 2.91. The van der Waals surface area contributed by atoms with Gasteiger partial charge in [0.25, 0.3) is 0 Å². The Morgan fingerprint density at radius 3 is 2.79 bits per heavy atom. The van der Waals surface area contributed by atoms with E-state index in [1.807, 2.05) is 0 Å². The van der Waals surface area contributed by atoms with Crippen molar-refractivity contribution in [3.8, 4) is 11.1 Å². The van der Waals surface area contributed by atoms with Gasteiger partial charge in [0.2, 0.25) is 0 Å². The Morgan fingerprint density at radius 1 is 1.32 bits per heavy atom. The molecule has 1 atom stereocenters. The fraction of sp³-hybridized carbons (Fsp3) is 0.400. The summed E-state index contributed by atoms with van der Waals surface area (Å²) in [7, 11) is 0. The van der Waals surface area contributed by atoms with E-state index in [0.717, 1.165) is 23.3 Å². The molecule has 19 heavy (non-hydrogen) atoms. The van der Waals surface area contributed by atoms with E-state index in [2.05, 4.69) is 63.3 Å². The van der Waals surface area contributed by atoms with Crippen molar-refractivity contribution in [3.05, 3.63) is 40.6 Å². The van der Waals surface area contributed by atoms with Crippen molar-refractivity contribution in [2.75, 3.05) is 13.1 Å². The van der Waals surface area contributed by atoms with Gasteiger partial charge >= 0.3 is 0 Å². The molecular weight excluding hydrogens is 302 g/mol. The van der Waals surface area contributed by atoms with Crippen LogP contribution in [0.5, 0.6) is 0 Å². The molecule has 3 nitrogen and oxygen atoms in total. The van der Waals surface area contributed by atoms with Crippen LogP contribution in [0.2, 0.25) is 0 Å². The molecule has 0 spiro atoms. The molecular formula is C15H18BrN3. The summed E-state index contributed by atoms with van der Waals surface area (Å²) in [6.07, 6.45) is 4.64. The number of hydrogen-bond donors (Lipinski definition) is 1. The van der Waals surface area contributed by atoms with E-state index in [1.165, 1.54) is 24.0 Å². The van der Waals surface area contributed by atoms with Crippen LogP contribution in [0.1, 0.15) is 24.6 Å². The third-order valence-corrected chi connectivity index (χ3v) is 4.25. The molecule has 3 rings (SSSR count). The molecule has 0 saturated carbocycles. The number of piperidine rings is 1. The molecule has 4 heteroatoms. The van der Waals surface area contributed by atoms with Crippen LogP contribution in [0.15, 0.2) is 34.9 Å². The van der Waals surface area contributed by atoms with E-state index in [1.54, 1.807) is 0 Å². The van der Waals surface area contributed by atoms with E-state index in [-0.39, 0.29) is 0 Å². The van der Waals surface area contributed by atoms with Crippen LogP contribution in [0.4, 0.5) is 0 Å². The molecule has 1 saturated heterocycles. The highest BCUT2D eigenvalue weighted by Gasteiger charge is 2.17. The molecule has 1 N–H and O–H groups in total. The highest BCUT2D eigenvalue weighted by molar-refractivity contribution is 9.10. The van der Waals surface area contributed by atoms with Gasteiger partial charge < -0.3 is 5.32 Å². The Labute approximate surface area is 122 Å². The van der Waals surface area contributed by atoms with Gasteiger partial charge in [0.1, 0.15) is 0 Å². The number of aromatic nitrogens is 2. The molecule has 1 fully saturated rings. The van der Waals surface area contributed by atoms with Gasteiger partial charge in [-0.3, -0.25) is 4.68 Å². The quantitative estimate of drug-likeness (QED) is 0.917. The Kier molecular flexibility index (Phi) is 3.71. The smallest absolute Gasteiger partial charge is 0.0672 e. The van der Waals surface area contributed by atoms with Gasteiger partial charge in [-0.1, -0.05) is 28.1 Å². The number of aryl methyl sites for hydroxylation is 1. The van der Waals surface area contributed by atoms with Crippen LogP contribution in [-0.2, 0) is 0 Å². The first-order valence-electron chi connectivity index (χ1n) is 6.76. The van der Waals surface area contributed by atoms with E-state index in [9.17, 15) is 0 Å². The maximum absolute atomic E-state index is 4.70. The highest BCUT2D eigenvalue weighted by Crippen LogP contribution is 2.26. The third kappa shape index (κ3) is 2.74. The Morgan fingerprint density at radius 2 is 2.11 bits per heavy atom. The molecule has 0 amide bonds. The van der Waals surface area contributed by atoms with E-state index >= 15 is 0 Å². The number of halogens is 1. The summed E-state index contributed by atoms with van der Waals surface area (Å²) in [5.74, 6) is 0. The van der Waals surface area contributed by atoms with Crippen LogP contribution in [0.3, 0.4) is 0 Å². The first-order chi connectivity index (χ1) is 9.24. The Hall–Kier alpha value is -1.13. The first kappa shape index (κ1) is 12.9. The maximum atomic E-state index is 4.70. The fourth-order valence-electron chi connectivity index (χ4n) is 2.64. The van der Waals surface area contributed by atoms with Crippen molar-refractivity contribution in [1.82, 2.24) is 15.1 Å². The standard InChI is InChI=1S/C15H18BrN3/c1-11-15(12-4-6-13(16)7-5-12)10-19(18-11)14-3-2-8-17-9-14/h4-7,10,14,17H,2-3,8-9H2,1H3. The van der Waals surface area contributed by atoms with Crippen molar-refractivity contribution in [1.29, 1.82) is 0 Å². The second kappa shape index (κ2) is 5.47. The van der Waals surface area contributed by atoms with Crippen molar-refractivity contribution in [2.45, 2.75) is 25.8 Å². The molecule has 0 aliphatic carbocycles. The minimum Gasteiger partial charge on any atom is -0.315 e. The molecule has 0 radical (unpaired) electrons. The molecule has 1 aromatic heterocycles. The minimum atomic E-state index is 0.497. The number of rotatable bonds is 2. The van der Waals surface area contributed by atoms with Crippen molar-refractivity contribution >= 4 is 15.9 Å². The molecule has 1 unspecified atom stereocenters. The highest BCUT2D eigenvalue weighted by atomic mass is 79.9. The zero-order chi connectivity index (χ0) is 13.2. The Bertz CT molecular complexity index is 553. The molecule has 2 aromatic rings. The van der Waals surface area contributed by atoms with Gasteiger partial charge in [0.05, 0.1) is 11.7 Å². The predicted octanol–water partition coefficient (Wildman–Crippen LogP) is 3.55. The van der Waals surface area contributed by atoms with E-state index in [0.29, 0.717) is 6.04 Å². The number of hydrogen-bond acceptors (Lipinski definition) is 2.